The van der Waals surface area contributed by atoms with E-state index in [-0.39, 0.29) is 6.04 Å². The molecule has 3 N–H and O–H groups in total. The zero-order valence-corrected chi connectivity index (χ0v) is 9.12. The van der Waals surface area contributed by atoms with Crippen LogP contribution in [0.3, 0.4) is 0 Å². The van der Waals surface area contributed by atoms with E-state index in [1.807, 2.05) is 12.1 Å². The van der Waals surface area contributed by atoms with Gasteiger partial charge in [0, 0.05) is 0 Å². The van der Waals surface area contributed by atoms with Crippen LogP contribution in [-0.4, -0.2) is 10.7 Å². The fourth-order valence-corrected chi connectivity index (χ4v) is 1.37. The Morgan fingerprint density at radius 1 is 1.29 bits per heavy atom. The second-order valence-electron chi connectivity index (χ2n) is 4.23. The number of hydrogen-bond acceptors (Lipinski definition) is 2. The molecule has 14 heavy (non-hydrogen) atoms. The Morgan fingerprint density at radius 2 is 1.79 bits per heavy atom. The lowest BCUT2D eigenvalue weighted by atomic mass is 9.92. The molecule has 0 fully saturated rings. The van der Waals surface area contributed by atoms with Crippen molar-refractivity contribution in [1.82, 2.24) is 0 Å². The highest BCUT2D eigenvalue weighted by atomic mass is 16.3. The molecule has 0 saturated carbocycles. The first kappa shape index (κ1) is 11.2. The number of aryl methyl sites for hydroxylation is 1. The van der Waals surface area contributed by atoms with E-state index in [0.717, 1.165) is 12.0 Å². The van der Waals surface area contributed by atoms with E-state index in [4.69, 9.17) is 5.73 Å². The van der Waals surface area contributed by atoms with Crippen molar-refractivity contribution in [2.45, 2.75) is 38.8 Å². The Labute approximate surface area is 85.8 Å². The topological polar surface area (TPSA) is 46.2 Å². The van der Waals surface area contributed by atoms with Crippen molar-refractivity contribution < 1.29 is 5.11 Å². The van der Waals surface area contributed by atoms with Crippen molar-refractivity contribution >= 4 is 0 Å². The van der Waals surface area contributed by atoms with E-state index in [1.165, 1.54) is 5.56 Å². The average molecular weight is 193 g/mol. The summed E-state index contributed by atoms with van der Waals surface area (Å²) in [5.41, 5.74) is 7.32. The van der Waals surface area contributed by atoms with Gasteiger partial charge in [0.05, 0.1) is 11.6 Å². The van der Waals surface area contributed by atoms with Crippen LogP contribution in [-0.2, 0) is 6.42 Å². The number of benzene rings is 1. The van der Waals surface area contributed by atoms with Gasteiger partial charge in [0.2, 0.25) is 0 Å². The van der Waals surface area contributed by atoms with Crippen LogP contribution in [0.4, 0.5) is 0 Å². The van der Waals surface area contributed by atoms with Gasteiger partial charge in [0.15, 0.2) is 0 Å². The maximum Gasteiger partial charge on any atom is 0.0783 e. The summed E-state index contributed by atoms with van der Waals surface area (Å²) in [7, 11) is 0. The van der Waals surface area contributed by atoms with Crippen molar-refractivity contribution in [2.75, 3.05) is 0 Å². The van der Waals surface area contributed by atoms with Crippen LogP contribution in [0.25, 0.3) is 0 Å². The third-order valence-corrected chi connectivity index (χ3v) is 2.51. The normalized spacial score (nSPS) is 14.1. The first-order valence-corrected chi connectivity index (χ1v) is 5.02. The van der Waals surface area contributed by atoms with Crippen LogP contribution in [0, 0.1) is 0 Å². The summed E-state index contributed by atoms with van der Waals surface area (Å²) in [4.78, 5) is 0. The molecule has 0 aliphatic carbocycles. The Balaban J connectivity index is 2.87. The monoisotopic (exact) mass is 193 g/mol. The van der Waals surface area contributed by atoms with Gasteiger partial charge in [-0.2, -0.15) is 0 Å². The molecule has 0 aliphatic rings. The number of rotatable bonds is 3. The molecule has 0 spiro atoms. The molecule has 1 atom stereocenters. The third-order valence-electron chi connectivity index (χ3n) is 2.51. The molecule has 0 radical (unpaired) electrons. The fraction of sp³-hybridized carbons (Fsp3) is 0.500. The third kappa shape index (κ3) is 2.56. The molecule has 2 nitrogen and oxygen atoms in total. The summed E-state index contributed by atoms with van der Waals surface area (Å²) in [5, 5.41) is 9.74. The second-order valence-corrected chi connectivity index (χ2v) is 4.23. The second kappa shape index (κ2) is 4.11. The minimum absolute atomic E-state index is 0.326. The van der Waals surface area contributed by atoms with Crippen molar-refractivity contribution in [2.24, 2.45) is 5.73 Å². The van der Waals surface area contributed by atoms with Crippen LogP contribution >= 0.6 is 0 Å². The average Bonchev–Trinajstić information content (AvgIpc) is 2.15. The smallest absolute Gasteiger partial charge is 0.0783 e. The van der Waals surface area contributed by atoms with Crippen LogP contribution in [0.15, 0.2) is 24.3 Å². The van der Waals surface area contributed by atoms with Crippen molar-refractivity contribution in [3.05, 3.63) is 35.4 Å². The summed E-state index contributed by atoms with van der Waals surface area (Å²) >= 11 is 0. The van der Waals surface area contributed by atoms with Crippen LogP contribution in [0.2, 0.25) is 0 Å². The number of aliphatic hydroxyl groups is 1. The fourth-order valence-electron chi connectivity index (χ4n) is 1.37. The molecule has 0 heterocycles. The Morgan fingerprint density at radius 3 is 2.14 bits per heavy atom. The lowest BCUT2D eigenvalue weighted by molar-refractivity contribution is 0.0517. The molecule has 1 unspecified atom stereocenters. The first-order valence-electron chi connectivity index (χ1n) is 5.02. The lowest BCUT2D eigenvalue weighted by Gasteiger charge is -2.26. The largest absolute Gasteiger partial charge is 0.388 e. The molecular weight excluding hydrogens is 174 g/mol. The van der Waals surface area contributed by atoms with E-state index in [9.17, 15) is 5.11 Å². The summed E-state index contributed by atoms with van der Waals surface area (Å²) in [6.45, 7) is 5.57. The SMILES string of the molecule is CCc1ccc(C(N)C(C)(C)O)cc1. The van der Waals surface area contributed by atoms with E-state index in [1.54, 1.807) is 13.8 Å². The van der Waals surface area contributed by atoms with Crippen LogP contribution < -0.4 is 5.73 Å². The molecule has 78 valence electrons. The van der Waals surface area contributed by atoms with Gasteiger partial charge >= 0.3 is 0 Å². The predicted molar refractivity (Wildman–Crippen MR) is 59.0 cm³/mol. The van der Waals surface area contributed by atoms with Crippen LogP contribution in [0.5, 0.6) is 0 Å². The summed E-state index contributed by atoms with van der Waals surface area (Å²) < 4.78 is 0. The van der Waals surface area contributed by atoms with Crippen molar-refractivity contribution in [3.8, 4) is 0 Å². The highest BCUT2D eigenvalue weighted by Gasteiger charge is 2.24. The number of nitrogens with two attached hydrogens (primary N) is 1. The molecular formula is C12H19NO. The lowest BCUT2D eigenvalue weighted by Crippen LogP contribution is -2.34. The molecule has 1 rings (SSSR count). The van der Waals surface area contributed by atoms with Gasteiger partial charge in [-0.1, -0.05) is 31.2 Å². The van der Waals surface area contributed by atoms with Gasteiger partial charge in [-0.15, -0.1) is 0 Å². The van der Waals surface area contributed by atoms with Gasteiger partial charge in [-0.05, 0) is 31.4 Å². The zero-order chi connectivity index (χ0) is 10.8. The summed E-state index contributed by atoms with van der Waals surface area (Å²) in [5.74, 6) is 0. The quantitative estimate of drug-likeness (QED) is 0.771. The molecule has 2 heteroatoms. The summed E-state index contributed by atoms with van der Waals surface area (Å²) in [6, 6.07) is 7.76. The molecule has 0 aliphatic heterocycles. The highest BCUT2D eigenvalue weighted by Crippen LogP contribution is 2.22. The van der Waals surface area contributed by atoms with Crippen molar-refractivity contribution in [1.29, 1.82) is 0 Å². The van der Waals surface area contributed by atoms with Gasteiger partial charge in [0.25, 0.3) is 0 Å². The van der Waals surface area contributed by atoms with Crippen molar-refractivity contribution in [3.63, 3.8) is 0 Å². The predicted octanol–water partition coefficient (Wildman–Crippen LogP) is 2.02. The molecule has 0 saturated heterocycles. The molecule has 0 amide bonds. The maximum atomic E-state index is 9.74. The standard InChI is InChI=1S/C12H19NO/c1-4-9-5-7-10(8-6-9)11(13)12(2,3)14/h5-8,11,14H,4,13H2,1-3H3. The zero-order valence-electron chi connectivity index (χ0n) is 9.12. The summed E-state index contributed by atoms with van der Waals surface area (Å²) in [6.07, 6.45) is 1.03. The molecule has 0 bridgehead atoms. The van der Waals surface area contributed by atoms with Gasteiger partial charge in [0.1, 0.15) is 0 Å². The highest BCUT2D eigenvalue weighted by molar-refractivity contribution is 5.26. The number of hydrogen-bond donors (Lipinski definition) is 2. The van der Waals surface area contributed by atoms with Gasteiger partial charge in [-0.3, -0.25) is 0 Å². The minimum Gasteiger partial charge on any atom is -0.388 e. The van der Waals surface area contributed by atoms with Gasteiger partial charge in [-0.25, -0.2) is 0 Å². The van der Waals surface area contributed by atoms with E-state index >= 15 is 0 Å². The Hall–Kier alpha value is -0.860. The minimum atomic E-state index is -0.867. The molecule has 1 aromatic carbocycles. The van der Waals surface area contributed by atoms with Gasteiger partial charge < -0.3 is 10.8 Å². The first-order chi connectivity index (χ1) is 6.45. The maximum absolute atomic E-state index is 9.74. The van der Waals surface area contributed by atoms with E-state index < -0.39 is 5.60 Å². The van der Waals surface area contributed by atoms with Crippen LogP contribution in [0.1, 0.15) is 37.9 Å². The Bertz CT molecular complexity index is 284. The molecule has 0 aromatic heterocycles. The van der Waals surface area contributed by atoms with E-state index in [0.29, 0.717) is 0 Å². The molecule has 1 aromatic rings. The Kier molecular flexibility index (Phi) is 3.29. The van der Waals surface area contributed by atoms with E-state index in [2.05, 4.69) is 19.1 Å².